The SMILES string of the molecule is CC12NN=NC1c1ccccc1CNc1ccccc12. The van der Waals surface area contributed by atoms with Crippen molar-refractivity contribution in [2.75, 3.05) is 5.32 Å². The van der Waals surface area contributed by atoms with Gasteiger partial charge in [-0.1, -0.05) is 47.7 Å². The lowest BCUT2D eigenvalue weighted by molar-refractivity contribution is 0.364. The van der Waals surface area contributed by atoms with Gasteiger partial charge in [0, 0.05) is 17.8 Å². The number of hydrogen-bond donors (Lipinski definition) is 2. The van der Waals surface area contributed by atoms with Crippen molar-refractivity contribution in [3.8, 4) is 0 Å². The van der Waals surface area contributed by atoms with Crippen LogP contribution >= 0.6 is 0 Å². The van der Waals surface area contributed by atoms with Crippen LogP contribution in [0.5, 0.6) is 0 Å². The average Bonchev–Trinajstić information content (AvgIpc) is 2.87. The van der Waals surface area contributed by atoms with Gasteiger partial charge in [0.2, 0.25) is 0 Å². The summed E-state index contributed by atoms with van der Waals surface area (Å²) in [6.07, 6.45) is 0. The molecule has 20 heavy (non-hydrogen) atoms. The minimum Gasteiger partial charge on any atom is -0.381 e. The minimum absolute atomic E-state index is 0.0157. The van der Waals surface area contributed by atoms with Crippen LogP contribution in [0.1, 0.15) is 29.7 Å². The number of nitrogens with zero attached hydrogens (tertiary/aromatic N) is 2. The molecule has 2 atom stereocenters. The summed E-state index contributed by atoms with van der Waals surface area (Å²) >= 11 is 0. The summed E-state index contributed by atoms with van der Waals surface area (Å²) in [5.74, 6) is 0. The third-order valence-electron chi connectivity index (χ3n) is 4.31. The van der Waals surface area contributed by atoms with E-state index in [1.807, 2.05) is 0 Å². The Bertz CT molecular complexity index is 694. The first-order chi connectivity index (χ1) is 9.79. The number of para-hydroxylation sites is 1. The van der Waals surface area contributed by atoms with Crippen LogP contribution in [0.25, 0.3) is 0 Å². The van der Waals surface area contributed by atoms with E-state index >= 15 is 0 Å². The van der Waals surface area contributed by atoms with Crippen molar-refractivity contribution in [1.29, 1.82) is 0 Å². The lowest BCUT2D eigenvalue weighted by atomic mass is 9.79. The zero-order valence-corrected chi connectivity index (χ0v) is 11.3. The average molecular weight is 264 g/mol. The molecule has 2 aliphatic heterocycles. The van der Waals surface area contributed by atoms with Crippen LogP contribution in [0.4, 0.5) is 5.69 Å². The Morgan fingerprint density at radius 3 is 2.85 bits per heavy atom. The summed E-state index contributed by atoms with van der Waals surface area (Å²) in [7, 11) is 0. The number of fused-ring (bicyclic) bond motifs is 5. The predicted octanol–water partition coefficient (Wildman–Crippen LogP) is 3.54. The third kappa shape index (κ3) is 1.48. The second kappa shape index (κ2) is 4.07. The Kier molecular flexibility index (Phi) is 2.33. The van der Waals surface area contributed by atoms with E-state index in [1.54, 1.807) is 0 Å². The van der Waals surface area contributed by atoms with Crippen LogP contribution in [-0.2, 0) is 12.1 Å². The van der Waals surface area contributed by atoms with Gasteiger partial charge in [-0.05, 0) is 24.1 Å². The number of rotatable bonds is 0. The first-order valence-corrected chi connectivity index (χ1v) is 6.87. The Hall–Kier alpha value is -2.36. The molecule has 0 saturated carbocycles. The van der Waals surface area contributed by atoms with Crippen molar-refractivity contribution >= 4 is 5.69 Å². The van der Waals surface area contributed by atoms with Gasteiger partial charge >= 0.3 is 0 Å². The van der Waals surface area contributed by atoms with Gasteiger partial charge < -0.3 is 5.32 Å². The molecule has 2 aromatic rings. The normalized spacial score (nSPS) is 26.4. The van der Waals surface area contributed by atoms with Crippen LogP contribution in [0, 0.1) is 0 Å². The molecule has 2 unspecified atom stereocenters. The molecule has 0 fully saturated rings. The Balaban J connectivity index is 1.96. The van der Waals surface area contributed by atoms with E-state index in [-0.39, 0.29) is 11.6 Å². The molecule has 2 N–H and O–H groups in total. The van der Waals surface area contributed by atoms with Gasteiger partial charge in [0.1, 0.15) is 11.6 Å². The van der Waals surface area contributed by atoms with Gasteiger partial charge in [0.15, 0.2) is 0 Å². The van der Waals surface area contributed by atoms with Crippen molar-refractivity contribution in [3.05, 3.63) is 65.2 Å². The van der Waals surface area contributed by atoms with E-state index in [0.717, 1.165) is 12.2 Å². The lowest BCUT2D eigenvalue weighted by Crippen LogP contribution is -2.39. The highest BCUT2D eigenvalue weighted by atomic mass is 15.5. The summed E-state index contributed by atoms with van der Waals surface area (Å²) in [4.78, 5) is 0. The quantitative estimate of drug-likeness (QED) is 0.764. The van der Waals surface area contributed by atoms with Gasteiger partial charge in [-0.25, -0.2) is 0 Å². The van der Waals surface area contributed by atoms with Crippen molar-refractivity contribution in [1.82, 2.24) is 5.43 Å². The summed E-state index contributed by atoms with van der Waals surface area (Å²) in [5, 5.41) is 12.1. The Morgan fingerprint density at radius 2 is 1.90 bits per heavy atom. The van der Waals surface area contributed by atoms with Crippen LogP contribution in [-0.4, -0.2) is 0 Å². The van der Waals surface area contributed by atoms with Crippen LogP contribution in [0.3, 0.4) is 0 Å². The number of hydrogen-bond acceptors (Lipinski definition) is 4. The summed E-state index contributed by atoms with van der Waals surface area (Å²) in [6.45, 7) is 2.98. The fraction of sp³-hybridized carbons (Fsp3) is 0.250. The number of benzene rings is 2. The monoisotopic (exact) mass is 264 g/mol. The van der Waals surface area contributed by atoms with E-state index in [0.29, 0.717) is 0 Å². The van der Waals surface area contributed by atoms with Crippen LogP contribution in [0.15, 0.2) is 58.9 Å². The van der Waals surface area contributed by atoms with Crippen molar-refractivity contribution < 1.29 is 0 Å². The largest absolute Gasteiger partial charge is 0.381 e. The van der Waals surface area contributed by atoms with Gasteiger partial charge in [-0.15, -0.1) is 0 Å². The molecular formula is C16H16N4. The summed E-state index contributed by atoms with van der Waals surface area (Å²) in [5.41, 5.74) is 7.79. The molecular weight excluding hydrogens is 248 g/mol. The molecule has 4 rings (SSSR count). The molecule has 2 heterocycles. The van der Waals surface area contributed by atoms with E-state index < -0.39 is 0 Å². The lowest BCUT2D eigenvalue weighted by Gasteiger charge is -2.34. The van der Waals surface area contributed by atoms with E-state index in [4.69, 9.17) is 0 Å². The fourth-order valence-electron chi connectivity index (χ4n) is 3.19. The Labute approximate surface area is 117 Å². The second-order valence-electron chi connectivity index (χ2n) is 5.53. The highest BCUT2D eigenvalue weighted by Crippen LogP contribution is 2.46. The predicted molar refractivity (Wildman–Crippen MR) is 78.3 cm³/mol. The van der Waals surface area contributed by atoms with Crippen LogP contribution in [0.2, 0.25) is 0 Å². The maximum Gasteiger partial charge on any atom is 0.127 e. The van der Waals surface area contributed by atoms with Crippen molar-refractivity contribution in [3.63, 3.8) is 0 Å². The molecule has 2 aliphatic rings. The van der Waals surface area contributed by atoms with E-state index in [1.165, 1.54) is 16.7 Å². The topological polar surface area (TPSA) is 48.8 Å². The zero-order chi connectivity index (χ0) is 13.6. The molecule has 0 radical (unpaired) electrons. The molecule has 4 heteroatoms. The zero-order valence-electron chi connectivity index (χ0n) is 11.3. The standard InChI is InChI=1S/C16H16N4/c1-16-13-8-4-5-9-14(13)17-10-11-6-2-3-7-12(11)15(16)18-20-19-16/h2-9,15,17H,10H2,1H3,(H,18,19). The fourth-order valence-corrected chi connectivity index (χ4v) is 3.19. The Morgan fingerprint density at radius 1 is 1.10 bits per heavy atom. The van der Waals surface area contributed by atoms with Gasteiger partial charge in [-0.3, -0.25) is 5.43 Å². The van der Waals surface area contributed by atoms with Gasteiger partial charge in [-0.2, -0.15) is 5.11 Å². The summed E-state index contributed by atoms with van der Waals surface area (Å²) < 4.78 is 0. The maximum absolute atomic E-state index is 4.46. The van der Waals surface area contributed by atoms with Crippen LogP contribution < -0.4 is 10.7 Å². The first-order valence-electron chi connectivity index (χ1n) is 6.87. The molecule has 0 aliphatic carbocycles. The molecule has 0 saturated heterocycles. The van der Waals surface area contributed by atoms with Gasteiger partial charge in [0.05, 0.1) is 0 Å². The van der Waals surface area contributed by atoms with Crippen molar-refractivity contribution in [2.45, 2.75) is 25.0 Å². The molecule has 0 spiro atoms. The first kappa shape index (κ1) is 11.5. The molecule has 4 nitrogen and oxygen atoms in total. The molecule has 2 aromatic carbocycles. The third-order valence-corrected chi connectivity index (χ3v) is 4.31. The molecule has 100 valence electrons. The molecule has 0 amide bonds. The maximum atomic E-state index is 4.46. The second-order valence-corrected chi connectivity index (χ2v) is 5.53. The van der Waals surface area contributed by atoms with Crippen molar-refractivity contribution in [2.24, 2.45) is 10.3 Å². The van der Waals surface area contributed by atoms with Gasteiger partial charge in [0.25, 0.3) is 0 Å². The summed E-state index contributed by atoms with van der Waals surface area (Å²) in [6, 6.07) is 16.9. The number of anilines is 1. The molecule has 0 bridgehead atoms. The molecule has 0 aromatic heterocycles. The minimum atomic E-state index is -0.305. The highest BCUT2D eigenvalue weighted by molar-refractivity contribution is 5.58. The number of nitrogens with one attached hydrogen (secondary N) is 2. The van der Waals surface area contributed by atoms with E-state index in [9.17, 15) is 0 Å². The highest BCUT2D eigenvalue weighted by Gasteiger charge is 2.44. The smallest absolute Gasteiger partial charge is 0.127 e. The van der Waals surface area contributed by atoms with E-state index in [2.05, 4.69) is 76.5 Å².